The zero-order valence-corrected chi connectivity index (χ0v) is 15.6. The molecular weight excluding hydrogens is 350 g/mol. The van der Waals surface area contributed by atoms with Gasteiger partial charge in [0.15, 0.2) is 0 Å². The number of para-hydroxylation sites is 1. The fourth-order valence-electron chi connectivity index (χ4n) is 3.51. The minimum atomic E-state index is -0.125. The zero-order chi connectivity index (χ0) is 19.5. The molecule has 4 aromatic rings. The topological polar surface area (TPSA) is 64.0 Å². The summed E-state index contributed by atoms with van der Waals surface area (Å²) in [5.74, 6) is -0.0968. The Labute approximate surface area is 162 Å². The lowest BCUT2D eigenvalue weighted by Crippen LogP contribution is -2.29. The number of hydrogen-bond donors (Lipinski definition) is 1. The standard InChI is InChI=1S/C23H21N3O2/c1-16(18-11-6-8-17-7-2-3-9-19(17)18)25-22(27)13-14-26-15-24-21-12-5-4-10-20(21)23(26)28/h2-12,15-16H,13-14H2,1H3,(H,25,27). The van der Waals surface area contributed by atoms with E-state index in [2.05, 4.69) is 28.5 Å². The highest BCUT2D eigenvalue weighted by molar-refractivity contribution is 5.87. The van der Waals surface area contributed by atoms with E-state index in [1.807, 2.05) is 43.3 Å². The van der Waals surface area contributed by atoms with Gasteiger partial charge in [-0.25, -0.2) is 4.98 Å². The molecule has 0 saturated heterocycles. The molecule has 1 amide bonds. The van der Waals surface area contributed by atoms with Crippen LogP contribution in [-0.2, 0) is 11.3 Å². The van der Waals surface area contributed by atoms with Crippen LogP contribution in [0.15, 0.2) is 77.9 Å². The summed E-state index contributed by atoms with van der Waals surface area (Å²) >= 11 is 0. The zero-order valence-electron chi connectivity index (χ0n) is 15.6. The number of hydrogen-bond acceptors (Lipinski definition) is 3. The molecule has 3 aromatic carbocycles. The van der Waals surface area contributed by atoms with Crippen molar-refractivity contribution in [3.05, 3.63) is 89.0 Å². The summed E-state index contributed by atoms with van der Waals surface area (Å²) in [4.78, 5) is 29.3. The predicted molar refractivity (Wildman–Crippen MR) is 111 cm³/mol. The van der Waals surface area contributed by atoms with Crippen molar-refractivity contribution in [2.45, 2.75) is 25.9 Å². The third-order valence-corrected chi connectivity index (χ3v) is 4.98. The lowest BCUT2D eigenvalue weighted by Gasteiger charge is -2.17. The molecule has 28 heavy (non-hydrogen) atoms. The summed E-state index contributed by atoms with van der Waals surface area (Å²) in [5, 5.41) is 5.89. The van der Waals surface area contributed by atoms with E-state index in [0.29, 0.717) is 17.4 Å². The number of fused-ring (bicyclic) bond motifs is 2. The smallest absolute Gasteiger partial charge is 0.261 e. The highest BCUT2D eigenvalue weighted by atomic mass is 16.2. The number of aryl methyl sites for hydroxylation is 1. The Morgan fingerprint density at radius 3 is 2.57 bits per heavy atom. The van der Waals surface area contributed by atoms with Crippen molar-refractivity contribution in [2.24, 2.45) is 0 Å². The van der Waals surface area contributed by atoms with E-state index >= 15 is 0 Å². The fourth-order valence-corrected chi connectivity index (χ4v) is 3.51. The van der Waals surface area contributed by atoms with Gasteiger partial charge < -0.3 is 5.32 Å². The summed E-state index contributed by atoms with van der Waals surface area (Å²) in [6.45, 7) is 2.27. The highest BCUT2D eigenvalue weighted by Crippen LogP contribution is 2.24. The number of benzene rings is 3. The molecule has 0 aliphatic heterocycles. The van der Waals surface area contributed by atoms with Gasteiger partial charge >= 0.3 is 0 Å². The molecule has 5 heteroatoms. The molecule has 140 valence electrons. The van der Waals surface area contributed by atoms with Crippen molar-refractivity contribution in [1.29, 1.82) is 0 Å². The molecule has 0 fully saturated rings. The number of nitrogens with one attached hydrogen (secondary N) is 1. The Balaban J connectivity index is 1.46. The third-order valence-electron chi connectivity index (χ3n) is 4.98. The van der Waals surface area contributed by atoms with E-state index in [0.717, 1.165) is 16.3 Å². The van der Waals surface area contributed by atoms with Gasteiger partial charge in [0.1, 0.15) is 0 Å². The number of nitrogens with zero attached hydrogens (tertiary/aromatic N) is 2. The number of aromatic nitrogens is 2. The van der Waals surface area contributed by atoms with Crippen LogP contribution in [0.2, 0.25) is 0 Å². The van der Waals surface area contributed by atoms with Crippen molar-refractivity contribution < 1.29 is 4.79 Å². The molecule has 5 nitrogen and oxygen atoms in total. The van der Waals surface area contributed by atoms with Crippen molar-refractivity contribution in [2.75, 3.05) is 0 Å². The Morgan fingerprint density at radius 1 is 1.00 bits per heavy atom. The largest absolute Gasteiger partial charge is 0.350 e. The first kappa shape index (κ1) is 17.9. The Hall–Kier alpha value is -3.47. The maximum atomic E-state index is 12.5. The van der Waals surface area contributed by atoms with Crippen LogP contribution in [0, 0.1) is 0 Å². The van der Waals surface area contributed by atoms with E-state index < -0.39 is 0 Å². The van der Waals surface area contributed by atoms with Crippen LogP contribution in [0.5, 0.6) is 0 Å². The van der Waals surface area contributed by atoms with Crippen LogP contribution in [0.25, 0.3) is 21.7 Å². The SMILES string of the molecule is CC(NC(=O)CCn1cnc2ccccc2c1=O)c1cccc2ccccc12. The predicted octanol–water partition coefficient (Wildman–Crippen LogP) is 3.82. The van der Waals surface area contributed by atoms with Crippen LogP contribution < -0.4 is 10.9 Å². The van der Waals surface area contributed by atoms with Crippen LogP contribution >= 0.6 is 0 Å². The average Bonchev–Trinajstić information content (AvgIpc) is 2.73. The van der Waals surface area contributed by atoms with Crippen molar-refractivity contribution in [1.82, 2.24) is 14.9 Å². The van der Waals surface area contributed by atoms with Crippen molar-refractivity contribution in [3.8, 4) is 0 Å². The lowest BCUT2D eigenvalue weighted by atomic mass is 9.99. The van der Waals surface area contributed by atoms with Gasteiger partial charge in [-0.3, -0.25) is 14.2 Å². The number of amides is 1. The molecule has 0 aliphatic carbocycles. The number of rotatable bonds is 5. The quantitative estimate of drug-likeness (QED) is 0.580. The van der Waals surface area contributed by atoms with E-state index in [1.165, 1.54) is 10.9 Å². The highest BCUT2D eigenvalue weighted by Gasteiger charge is 2.13. The molecule has 1 aromatic heterocycles. The summed E-state index contributed by atoms with van der Waals surface area (Å²) in [7, 11) is 0. The molecule has 1 atom stereocenters. The molecule has 0 spiro atoms. The normalized spacial score (nSPS) is 12.2. The van der Waals surface area contributed by atoms with Gasteiger partial charge in [0, 0.05) is 13.0 Å². The lowest BCUT2D eigenvalue weighted by molar-refractivity contribution is -0.121. The molecule has 1 unspecified atom stereocenters. The van der Waals surface area contributed by atoms with Gasteiger partial charge in [-0.1, -0.05) is 54.6 Å². The Kier molecular flexibility index (Phi) is 4.89. The van der Waals surface area contributed by atoms with Gasteiger partial charge in [0.05, 0.1) is 23.3 Å². The molecule has 1 heterocycles. The molecule has 0 bridgehead atoms. The van der Waals surface area contributed by atoms with Crippen LogP contribution in [0.3, 0.4) is 0 Å². The second-order valence-electron chi connectivity index (χ2n) is 6.87. The van der Waals surface area contributed by atoms with Crippen LogP contribution in [0.1, 0.15) is 24.9 Å². The first-order valence-electron chi connectivity index (χ1n) is 9.35. The van der Waals surface area contributed by atoms with Crippen LogP contribution in [-0.4, -0.2) is 15.5 Å². The molecule has 0 aliphatic rings. The Bertz CT molecular complexity index is 1210. The molecular formula is C23H21N3O2. The second kappa shape index (κ2) is 7.64. The minimum Gasteiger partial charge on any atom is -0.350 e. The molecule has 4 rings (SSSR count). The van der Waals surface area contributed by atoms with E-state index in [1.54, 1.807) is 12.1 Å². The minimum absolute atomic E-state index is 0.0968. The summed E-state index contributed by atoms with van der Waals surface area (Å²) < 4.78 is 1.49. The second-order valence-corrected chi connectivity index (χ2v) is 6.87. The van der Waals surface area contributed by atoms with Crippen molar-refractivity contribution >= 4 is 27.6 Å². The van der Waals surface area contributed by atoms with E-state index in [9.17, 15) is 9.59 Å². The number of carbonyl (C=O) groups excluding carboxylic acids is 1. The molecule has 0 radical (unpaired) electrons. The Morgan fingerprint density at radius 2 is 1.71 bits per heavy atom. The fraction of sp³-hybridized carbons (Fsp3) is 0.174. The summed E-state index contributed by atoms with van der Waals surface area (Å²) in [5.41, 5.74) is 1.62. The van der Waals surface area contributed by atoms with E-state index in [4.69, 9.17) is 0 Å². The third kappa shape index (κ3) is 3.51. The van der Waals surface area contributed by atoms with Gasteiger partial charge in [0.2, 0.25) is 5.91 Å². The first-order valence-corrected chi connectivity index (χ1v) is 9.35. The average molecular weight is 371 g/mol. The maximum absolute atomic E-state index is 12.5. The summed E-state index contributed by atoms with van der Waals surface area (Å²) in [6.07, 6.45) is 1.72. The van der Waals surface area contributed by atoms with Gasteiger partial charge in [0.25, 0.3) is 5.56 Å². The van der Waals surface area contributed by atoms with E-state index in [-0.39, 0.29) is 23.9 Å². The maximum Gasteiger partial charge on any atom is 0.261 e. The molecule has 1 N–H and O–H groups in total. The van der Waals surface area contributed by atoms with Crippen molar-refractivity contribution in [3.63, 3.8) is 0 Å². The van der Waals surface area contributed by atoms with Gasteiger partial charge in [-0.15, -0.1) is 0 Å². The van der Waals surface area contributed by atoms with Gasteiger partial charge in [-0.05, 0) is 35.4 Å². The monoisotopic (exact) mass is 371 g/mol. The first-order chi connectivity index (χ1) is 13.6. The number of carbonyl (C=O) groups is 1. The van der Waals surface area contributed by atoms with Gasteiger partial charge in [-0.2, -0.15) is 0 Å². The summed E-state index contributed by atoms with van der Waals surface area (Å²) in [6, 6.07) is 21.3. The van der Waals surface area contributed by atoms with Crippen LogP contribution in [0.4, 0.5) is 0 Å². The molecule has 0 saturated carbocycles.